The molecule has 0 saturated carbocycles. The topological polar surface area (TPSA) is 81.8 Å². The number of hydrogen-bond acceptors (Lipinski definition) is 4. The Hall–Kier alpha value is -1.63. The molecule has 0 radical (unpaired) electrons. The van der Waals surface area contributed by atoms with Crippen LogP contribution in [0.2, 0.25) is 0 Å². The van der Waals surface area contributed by atoms with E-state index in [4.69, 9.17) is 0 Å². The van der Waals surface area contributed by atoms with Crippen molar-refractivity contribution in [1.29, 1.82) is 0 Å². The average Bonchev–Trinajstić information content (AvgIpc) is 2.43. The summed E-state index contributed by atoms with van der Waals surface area (Å²) in [6, 6.07) is 0.0141. The van der Waals surface area contributed by atoms with Crippen LogP contribution in [0.4, 0.5) is 0 Å². The third-order valence-corrected chi connectivity index (χ3v) is 3.04. The summed E-state index contributed by atoms with van der Waals surface area (Å²) in [5.41, 5.74) is 0. The molecule has 1 rings (SSSR count). The standard InChI is InChI=1S/C13H24N4O3/c1-4-16(9-11(18)15-10(2)3)12(19)13(20)17-7-5-14-6-8-17/h10,14H,4-9H2,1-3H3,(H,15,18). The van der Waals surface area contributed by atoms with Crippen LogP contribution < -0.4 is 10.6 Å². The lowest BCUT2D eigenvalue weighted by molar-refractivity contribution is -0.152. The maximum absolute atomic E-state index is 12.1. The molecule has 0 unspecified atom stereocenters. The zero-order valence-electron chi connectivity index (χ0n) is 12.4. The van der Waals surface area contributed by atoms with E-state index in [0.29, 0.717) is 32.7 Å². The number of hydrogen-bond donors (Lipinski definition) is 2. The summed E-state index contributed by atoms with van der Waals surface area (Å²) in [7, 11) is 0. The third-order valence-electron chi connectivity index (χ3n) is 3.04. The summed E-state index contributed by atoms with van der Waals surface area (Å²) < 4.78 is 0. The number of rotatable bonds is 4. The van der Waals surface area contributed by atoms with Crippen LogP contribution in [0.25, 0.3) is 0 Å². The van der Waals surface area contributed by atoms with E-state index in [0.717, 1.165) is 0 Å². The van der Waals surface area contributed by atoms with Gasteiger partial charge in [0.2, 0.25) is 5.91 Å². The van der Waals surface area contributed by atoms with E-state index < -0.39 is 11.8 Å². The van der Waals surface area contributed by atoms with Gasteiger partial charge in [0, 0.05) is 38.8 Å². The van der Waals surface area contributed by atoms with Gasteiger partial charge in [-0.25, -0.2) is 0 Å². The molecule has 0 aromatic rings. The number of carbonyl (C=O) groups is 3. The van der Waals surface area contributed by atoms with Gasteiger partial charge in [0.1, 0.15) is 0 Å². The minimum atomic E-state index is -0.603. The summed E-state index contributed by atoms with van der Waals surface area (Å²) >= 11 is 0. The van der Waals surface area contributed by atoms with Gasteiger partial charge in [0.25, 0.3) is 0 Å². The van der Waals surface area contributed by atoms with Gasteiger partial charge < -0.3 is 20.4 Å². The van der Waals surface area contributed by atoms with Gasteiger partial charge in [0.05, 0.1) is 6.54 Å². The molecule has 3 amide bonds. The Morgan fingerprint density at radius 2 is 1.85 bits per heavy atom. The first-order valence-electron chi connectivity index (χ1n) is 7.04. The van der Waals surface area contributed by atoms with Gasteiger partial charge in [-0.3, -0.25) is 14.4 Å². The van der Waals surface area contributed by atoms with E-state index in [2.05, 4.69) is 10.6 Å². The van der Waals surface area contributed by atoms with Gasteiger partial charge >= 0.3 is 11.8 Å². The zero-order valence-corrected chi connectivity index (χ0v) is 12.4. The predicted molar refractivity (Wildman–Crippen MR) is 75.0 cm³/mol. The molecule has 7 nitrogen and oxygen atoms in total. The Balaban J connectivity index is 2.56. The molecule has 7 heteroatoms. The highest BCUT2D eigenvalue weighted by atomic mass is 16.2. The average molecular weight is 284 g/mol. The van der Waals surface area contributed by atoms with Gasteiger partial charge in [-0.15, -0.1) is 0 Å². The molecule has 1 heterocycles. The van der Waals surface area contributed by atoms with Crippen molar-refractivity contribution in [1.82, 2.24) is 20.4 Å². The first-order valence-corrected chi connectivity index (χ1v) is 7.04. The molecule has 0 aromatic heterocycles. The summed E-state index contributed by atoms with van der Waals surface area (Å²) in [5.74, 6) is -1.37. The second-order valence-corrected chi connectivity index (χ2v) is 5.08. The number of nitrogens with one attached hydrogen (secondary N) is 2. The van der Waals surface area contributed by atoms with Crippen LogP contribution in [0.5, 0.6) is 0 Å². The van der Waals surface area contributed by atoms with Crippen LogP contribution in [-0.2, 0) is 14.4 Å². The van der Waals surface area contributed by atoms with E-state index in [9.17, 15) is 14.4 Å². The minimum Gasteiger partial charge on any atom is -0.352 e. The van der Waals surface area contributed by atoms with Crippen molar-refractivity contribution >= 4 is 17.7 Å². The second-order valence-electron chi connectivity index (χ2n) is 5.08. The molecule has 20 heavy (non-hydrogen) atoms. The van der Waals surface area contributed by atoms with Crippen molar-refractivity contribution in [3.8, 4) is 0 Å². The molecule has 0 atom stereocenters. The Kier molecular flexibility index (Phi) is 6.44. The highest BCUT2D eigenvalue weighted by Gasteiger charge is 2.28. The van der Waals surface area contributed by atoms with Crippen LogP contribution in [-0.4, -0.2) is 72.8 Å². The zero-order chi connectivity index (χ0) is 15.1. The molecule has 0 spiro atoms. The summed E-state index contributed by atoms with van der Waals surface area (Å²) in [6.45, 7) is 8.15. The number of likely N-dealkylation sites (N-methyl/N-ethyl adjacent to an activating group) is 1. The van der Waals surface area contributed by atoms with E-state index in [1.54, 1.807) is 6.92 Å². The highest BCUT2D eigenvalue weighted by molar-refractivity contribution is 6.35. The van der Waals surface area contributed by atoms with E-state index >= 15 is 0 Å². The third kappa shape index (κ3) is 4.80. The van der Waals surface area contributed by atoms with E-state index in [1.165, 1.54) is 9.80 Å². The number of carbonyl (C=O) groups excluding carboxylic acids is 3. The second kappa shape index (κ2) is 7.84. The molecule has 2 N–H and O–H groups in total. The molecule has 1 saturated heterocycles. The fourth-order valence-corrected chi connectivity index (χ4v) is 2.01. The molecule has 1 aliphatic heterocycles. The molecule has 1 aliphatic rings. The van der Waals surface area contributed by atoms with Gasteiger partial charge in [-0.05, 0) is 20.8 Å². The van der Waals surface area contributed by atoms with Crippen LogP contribution in [0.15, 0.2) is 0 Å². The van der Waals surface area contributed by atoms with Gasteiger partial charge in [-0.1, -0.05) is 0 Å². The molecular formula is C13H24N4O3. The van der Waals surface area contributed by atoms with Crippen molar-refractivity contribution in [2.45, 2.75) is 26.8 Å². The lowest BCUT2D eigenvalue weighted by Gasteiger charge is -2.29. The monoisotopic (exact) mass is 284 g/mol. The number of piperazine rings is 1. The van der Waals surface area contributed by atoms with Crippen molar-refractivity contribution < 1.29 is 14.4 Å². The lowest BCUT2D eigenvalue weighted by Crippen LogP contribution is -2.53. The summed E-state index contributed by atoms with van der Waals surface area (Å²) in [6.07, 6.45) is 0. The first kappa shape index (κ1) is 16.4. The number of nitrogens with zero attached hydrogens (tertiary/aromatic N) is 2. The Morgan fingerprint density at radius 1 is 1.25 bits per heavy atom. The van der Waals surface area contributed by atoms with E-state index in [-0.39, 0.29) is 18.5 Å². The Bertz CT molecular complexity index is 365. The smallest absolute Gasteiger partial charge is 0.312 e. The van der Waals surface area contributed by atoms with Crippen molar-refractivity contribution in [2.75, 3.05) is 39.3 Å². The van der Waals surface area contributed by atoms with Gasteiger partial charge in [0.15, 0.2) is 0 Å². The van der Waals surface area contributed by atoms with Crippen LogP contribution in [0.1, 0.15) is 20.8 Å². The Morgan fingerprint density at radius 3 is 2.35 bits per heavy atom. The van der Waals surface area contributed by atoms with Gasteiger partial charge in [-0.2, -0.15) is 0 Å². The quantitative estimate of drug-likeness (QED) is 0.635. The molecule has 1 fully saturated rings. The highest BCUT2D eigenvalue weighted by Crippen LogP contribution is 1.99. The SMILES string of the molecule is CCN(CC(=O)NC(C)C)C(=O)C(=O)N1CCNCC1. The fourth-order valence-electron chi connectivity index (χ4n) is 2.01. The summed E-state index contributed by atoms with van der Waals surface area (Å²) in [4.78, 5) is 38.7. The maximum Gasteiger partial charge on any atom is 0.312 e. The van der Waals surface area contributed by atoms with Crippen LogP contribution >= 0.6 is 0 Å². The van der Waals surface area contributed by atoms with Crippen LogP contribution in [0.3, 0.4) is 0 Å². The molecular weight excluding hydrogens is 260 g/mol. The van der Waals surface area contributed by atoms with Crippen molar-refractivity contribution in [2.24, 2.45) is 0 Å². The van der Waals surface area contributed by atoms with E-state index in [1.807, 2.05) is 13.8 Å². The molecule has 0 aromatic carbocycles. The minimum absolute atomic E-state index is 0.0141. The molecule has 0 bridgehead atoms. The largest absolute Gasteiger partial charge is 0.352 e. The van der Waals surface area contributed by atoms with Crippen molar-refractivity contribution in [3.05, 3.63) is 0 Å². The summed E-state index contributed by atoms with van der Waals surface area (Å²) in [5, 5.41) is 5.84. The fraction of sp³-hybridized carbons (Fsp3) is 0.769. The van der Waals surface area contributed by atoms with Crippen molar-refractivity contribution in [3.63, 3.8) is 0 Å². The number of amides is 3. The van der Waals surface area contributed by atoms with Crippen LogP contribution in [0, 0.1) is 0 Å². The maximum atomic E-state index is 12.1. The lowest BCUT2D eigenvalue weighted by atomic mass is 10.3. The normalized spacial score (nSPS) is 15.1. The first-order chi connectivity index (χ1) is 9.45. The predicted octanol–water partition coefficient (Wildman–Crippen LogP) is -1.21. The Labute approximate surface area is 119 Å². The molecule has 0 aliphatic carbocycles. The molecule has 114 valence electrons.